The van der Waals surface area contributed by atoms with Crippen LogP contribution < -0.4 is 5.73 Å². The minimum Gasteiger partial charge on any atom is -0.397 e. The molecule has 0 aliphatic carbocycles. The van der Waals surface area contributed by atoms with Crippen LogP contribution >= 0.6 is 11.6 Å². The largest absolute Gasteiger partial charge is 0.397 e. The average Bonchev–Trinajstić information content (AvgIpc) is 2.12. The van der Waals surface area contributed by atoms with Crippen LogP contribution in [0.3, 0.4) is 0 Å². The summed E-state index contributed by atoms with van der Waals surface area (Å²) in [5.74, 6) is -0.332. The number of hydrogen-bond acceptors (Lipinski definition) is 2. The van der Waals surface area contributed by atoms with E-state index in [4.69, 9.17) is 17.3 Å². The molecule has 0 radical (unpaired) electrons. The lowest BCUT2D eigenvalue weighted by Crippen LogP contribution is -1.91. The van der Waals surface area contributed by atoms with Crippen molar-refractivity contribution in [1.82, 2.24) is 4.98 Å². The van der Waals surface area contributed by atoms with Gasteiger partial charge in [0, 0.05) is 17.6 Å². The van der Waals surface area contributed by atoms with Crippen molar-refractivity contribution < 1.29 is 4.39 Å². The van der Waals surface area contributed by atoms with Gasteiger partial charge in [0.1, 0.15) is 5.82 Å². The van der Waals surface area contributed by atoms with Gasteiger partial charge in [0.15, 0.2) is 0 Å². The zero-order valence-corrected chi connectivity index (χ0v) is 7.35. The SMILES string of the molecule is Nc1c(Cl)cnc2cc(F)ccc12. The van der Waals surface area contributed by atoms with Gasteiger partial charge in [0.05, 0.1) is 16.2 Å². The molecule has 13 heavy (non-hydrogen) atoms. The molecule has 0 unspecified atom stereocenters. The number of halogens is 2. The van der Waals surface area contributed by atoms with Crippen LogP contribution in [0.2, 0.25) is 5.02 Å². The Morgan fingerprint density at radius 3 is 2.92 bits per heavy atom. The van der Waals surface area contributed by atoms with Gasteiger partial charge in [0.2, 0.25) is 0 Å². The third-order valence-corrected chi connectivity index (χ3v) is 2.13. The van der Waals surface area contributed by atoms with E-state index < -0.39 is 0 Å². The Labute approximate surface area is 79.1 Å². The van der Waals surface area contributed by atoms with Crippen LogP contribution in [0.15, 0.2) is 24.4 Å². The number of fused-ring (bicyclic) bond motifs is 1. The van der Waals surface area contributed by atoms with E-state index in [0.717, 1.165) is 0 Å². The molecule has 0 saturated heterocycles. The molecular formula is C9H6ClFN2. The lowest BCUT2D eigenvalue weighted by Gasteiger charge is -2.02. The second-order valence-electron chi connectivity index (χ2n) is 2.68. The molecule has 0 bridgehead atoms. The topological polar surface area (TPSA) is 38.9 Å². The predicted octanol–water partition coefficient (Wildman–Crippen LogP) is 2.61. The van der Waals surface area contributed by atoms with E-state index in [1.54, 1.807) is 6.07 Å². The van der Waals surface area contributed by atoms with E-state index in [9.17, 15) is 4.39 Å². The minimum absolute atomic E-state index is 0.332. The van der Waals surface area contributed by atoms with Gasteiger partial charge in [-0.15, -0.1) is 0 Å². The van der Waals surface area contributed by atoms with Crippen LogP contribution in [0.25, 0.3) is 10.9 Å². The molecule has 0 amide bonds. The van der Waals surface area contributed by atoms with Crippen molar-refractivity contribution in [3.63, 3.8) is 0 Å². The zero-order valence-electron chi connectivity index (χ0n) is 6.59. The van der Waals surface area contributed by atoms with E-state index in [1.807, 2.05) is 0 Å². The second-order valence-corrected chi connectivity index (χ2v) is 3.09. The molecule has 0 aliphatic heterocycles. The standard InChI is InChI=1S/C9H6ClFN2/c10-7-4-13-8-3-5(11)1-2-6(8)9(7)12/h1-4H,(H2,12,13). The van der Waals surface area contributed by atoms with Gasteiger partial charge in [-0.2, -0.15) is 0 Å². The number of nitrogens with two attached hydrogens (primary N) is 1. The molecule has 0 atom stereocenters. The molecule has 2 nitrogen and oxygen atoms in total. The summed E-state index contributed by atoms with van der Waals surface area (Å²) in [6, 6.07) is 4.22. The second kappa shape index (κ2) is 2.85. The van der Waals surface area contributed by atoms with Gasteiger partial charge >= 0.3 is 0 Å². The maximum Gasteiger partial charge on any atom is 0.125 e. The first kappa shape index (κ1) is 8.26. The fraction of sp³-hybridized carbons (Fsp3) is 0. The summed E-state index contributed by atoms with van der Waals surface area (Å²) in [6.07, 6.45) is 1.42. The van der Waals surface area contributed by atoms with Crippen molar-refractivity contribution in [2.45, 2.75) is 0 Å². The molecule has 2 N–H and O–H groups in total. The summed E-state index contributed by atoms with van der Waals surface area (Å²) in [4.78, 5) is 3.95. The summed E-state index contributed by atoms with van der Waals surface area (Å²) >= 11 is 5.75. The van der Waals surface area contributed by atoms with Gasteiger partial charge in [0.25, 0.3) is 0 Å². The zero-order chi connectivity index (χ0) is 9.42. The summed E-state index contributed by atoms with van der Waals surface area (Å²) < 4.78 is 12.8. The molecule has 1 heterocycles. The maximum absolute atomic E-state index is 12.8. The van der Waals surface area contributed by atoms with Crippen LogP contribution in [0.5, 0.6) is 0 Å². The number of rotatable bonds is 0. The first-order chi connectivity index (χ1) is 6.18. The molecule has 0 saturated carbocycles. The summed E-state index contributed by atoms with van der Waals surface area (Å²) in [5, 5.41) is 1.06. The van der Waals surface area contributed by atoms with Crippen molar-refractivity contribution in [3.8, 4) is 0 Å². The number of nitrogens with zero attached hydrogens (tertiary/aromatic N) is 1. The fourth-order valence-electron chi connectivity index (χ4n) is 1.16. The van der Waals surface area contributed by atoms with Gasteiger partial charge in [-0.3, -0.25) is 4.98 Å². The molecule has 1 aromatic heterocycles. The first-order valence-corrected chi connectivity index (χ1v) is 4.05. The van der Waals surface area contributed by atoms with Crippen molar-refractivity contribution in [2.75, 3.05) is 5.73 Å². The minimum atomic E-state index is -0.332. The van der Waals surface area contributed by atoms with E-state index in [0.29, 0.717) is 21.6 Å². The van der Waals surface area contributed by atoms with Crippen molar-refractivity contribution in [2.24, 2.45) is 0 Å². The molecule has 4 heteroatoms. The quantitative estimate of drug-likeness (QED) is 0.704. The Hall–Kier alpha value is -1.35. The predicted molar refractivity (Wildman–Crippen MR) is 51.1 cm³/mol. The van der Waals surface area contributed by atoms with Crippen LogP contribution in [-0.4, -0.2) is 4.98 Å². The van der Waals surface area contributed by atoms with Crippen molar-refractivity contribution in [3.05, 3.63) is 35.2 Å². The molecule has 0 fully saturated rings. The van der Waals surface area contributed by atoms with E-state index in [1.165, 1.54) is 18.3 Å². The van der Waals surface area contributed by atoms with Crippen LogP contribution in [0.4, 0.5) is 10.1 Å². The van der Waals surface area contributed by atoms with Gasteiger partial charge in [-0.25, -0.2) is 4.39 Å². The third-order valence-electron chi connectivity index (χ3n) is 1.82. The molecule has 0 spiro atoms. The van der Waals surface area contributed by atoms with Gasteiger partial charge in [-0.1, -0.05) is 11.6 Å². The first-order valence-electron chi connectivity index (χ1n) is 3.68. The van der Waals surface area contributed by atoms with Gasteiger partial charge < -0.3 is 5.73 Å². The highest BCUT2D eigenvalue weighted by molar-refractivity contribution is 6.34. The van der Waals surface area contributed by atoms with Crippen molar-refractivity contribution >= 4 is 28.2 Å². The summed E-state index contributed by atoms with van der Waals surface area (Å²) in [6.45, 7) is 0. The lowest BCUT2D eigenvalue weighted by molar-refractivity contribution is 0.629. The van der Waals surface area contributed by atoms with Crippen LogP contribution in [-0.2, 0) is 0 Å². The summed E-state index contributed by atoms with van der Waals surface area (Å²) in [7, 11) is 0. The Morgan fingerprint density at radius 2 is 2.15 bits per heavy atom. The molecule has 2 aromatic rings. The Kier molecular flexibility index (Phi) is 1.81. The Bertz CT molecular complexity index is 470. The fourth-order valence-corrected chi connectivity index (χ4v) is 1.31. The van der Waals surface area contributed by atoms with Crippen molar-refractivity contribution in [1.29, 1.82) is 0 Å². The van der Waals surface area contributed by atoms with E-state index in [-0.39, 0.29) is 5.82 Å². The van der Waals surface area contributed by atoms with Crippen LogP contribution in [0.1, 0.15) is 0 Å². The number of hydrogen-bond donors (Lipinski definition) is 1. The maximum atomic E-state index is 12.8. The Balaban J connectivity index is 2.87. The molecule has 2 rings (SSSR count). The average molecular weight is 197 g/mol. The highest BCUT2D eigenvalue weighted by atomic mass is 35.5. The summed E-state index contributed by atoms with van der Waals surface area (Å²) in [5.41, 5.74) is 6.63. The number of anilines is 1. The Morgan fingerprint density at radius 1 is 1.38 bits per heavy atom. The lowest BCUT2D eigenvalue weighted by atomic mass is 10.2. The van der Waals surface area contributed by atoms with Crippen LogP contribution in [0, 0.1) is 5.82 Å². The monoisotopic (exact) mass is 196 g/mol. The van der Waals surface area contributed by atoms with E-state index in [2.05, 4.69) is 4.98 Å². The number of aromatic nitrogens is 1. The van der Waals surface area contributed by atoms with Gasteiger partial charge in [-0.05, 0) is 12.1 Å². The number of pyridine rings is 1. The highest BCUT2D eigenvalue weighted by Gasteiger charge is 2.03. The molecule has 0 aliphatic rings. The molecular weight excluding hydrogens is 191 g/mol. The van der Waals surface area contributed by atoms with E-state index >= 15 is 0 Å². The smallest absolute Gasteiger partial charge is 0.125 e. The normalized spacial score (nSPS) is 10.6. The highest BCUT2D eigenvalue weighted by Crippen LogP contribution is 2.26. The molecule has 66 valence electrons. The third kappa shape index (κ3) is 1.31. The number of benzene rings is 1. The number of nitrogen functional groups attached to an aromatic ring is 1. The molecule has 1 aromatic carbocycles.